The molecule has 0 aromatic rings. The molecule has 0 spiro atoms. The highest BCUT2D eigenvalue weighted by molar-refractivity contribution is 5.78. The molecule has 0 saturated heterocycles. The molecule has 0 radical (unpaired) electrons. The second kappa shape index (κ2) is 3.89. The number of carboxylic acid groups (broad SMARTS) is 1. The topological polar surface area (TPSA) is 127 Å². The fourth-order valence-corrected chi connectivity index (χ4v) is 0.498. The Morgan fingerprint density at radius 1 is 1.45 bits per heavy atom. The number of amides is 1. The Kier molecular flexibility index (Phi) is 3.49. The monoisotopic (exact) mass is 162 g/mol. The van der Waals surface area contributed by atoms with Gasteiger partial charge in [-0.25, -0.2) is 0 Å². The predicted molar refractivity (Wildman–Crippen MR) is 35.4 cm³/mol. The van der Waals surface area contributed by atoms with E-state index in [2.05, 4.69) is 5.73 Å². The second-order valence-electron chi connectivity index (χ2n) is 2.10. The van der Waals surface area contributed by atoms with E-state index in [4.69, 9.17) is 15.9 Å². The van der Waals surface area contributed by atoms with Crippen molar-refractivity contribution in [2.45, 2.75) is 18.6 Å². The largest absolute Gasteiger partial charge is 0.480 e. The minimum Gasteiger partial charge on any atom is -0.480 e. The van der Waals surface area contributed by atoms with E-state index in [1.54, 1.807) is 0 Å². The van der Waals surface area contributed by atoms with Crippen molar-refractivity contribution < 1.29 is 19.8 Å². The summed E-state index contributed by atoms with van der Waals surface area (Å²) in [5.41, 5.74) is 9.63. The summed E-state index contributed by atoms with van der Waals surface area (Å²) in [6, 6.07) is -1.46. The molecule has 0 bridgehead atoms. The van der Waals surface area contributed by atoms with Crippen molar-refractivity contribution in [1.82, 2.24) is 0 Å². The average Bonchev–Trinajstić information content (AvgIpc) is 1.84. The van der Waals surface area contributed by atoms with Crippen molar-refractivity contribution in [2.24, 2.45) is 11.5 Å². The van der Waals surface area contributed by atoms with Gasteiger partial charge in [0.2, 0.25) is 5.91 Å². The number of aliphatic hydroxyl groups excluding tert-OH is 1. The van der Waals surface area contributed by atoms with E-state index < -0.39 is 30.4 Å². The Morgan fingerprint density at radius 3 is 2.18 bits per heavy atom. The maximum absolute atomic E-state index is 10.2. The molecule has 0 aliphatic rings. The summed E-state index contributed by atoms with van der Waals surface area (Å²) in [5, 5.41) is 17.1. The summed E-state index contributed by atoms with van der Waals surface area (Å²) in [5.74, 6) is -2.15. The third-order valence-electron chi connectivity index (χ3n) is 1.11. The van der Waals surface area contributed by atoms with Crippen LogP contribution in [0.5, 0.6) is 0 Å². The molecule has 0 aromatic heterocycles. The van der Waals surface area contributed by atoms with E-state index in [0.717, 1.165) is 0 Å². The van der Waals surface area contributed by atoms with Crippen LogP contribution >= 0.6 is 0 Å². The van der Waals surface area contributed by atoms with E-state index in [0.29, 0.717) is 0 Å². The van der Waals surface area contributed by atoms with Gasteiger partial charge in [-0.1, -0.05) is 0 Å². The Bertz CT molecular complexity index is 170. The maximum Gasteiger partial charge on any atom is 0.323 e. The van der Waals surface area contributed by atoms with E-state index in [1.807, 2.05) is 0 Å². The van der Waals surface area contributed by atoms with Crippen LogP contribution < -0.4 is 11.5 Å². The molecule has 6 heteroatoms. The molecule has 0 aromatic carbocycles. The quantitative estimate of drug-likeness (QED) is 0.367. The number of nitrogens with two attached hydrogens (primary N) is 2. The lowest BCUT2D eigenvalue weighted by molar-refractivity contribution is -0.141. The molecule has 1 unspecified atom stereocenters. The van der Waals surface area contributed by atoms with Gasteiger partial charge in [0.05, 0.1) is 12.5 Å². The van der Waals surface area contributed by atoms with E-state index in [1.165, 1.54) is 0 Å². The number of carbonyl (C=O) groups excluding carboxylic acids is 1. The van der Waals surface area contributed by atoms with Gasteiger partial charge in [-0.2, -0.15) is 0 Å². The molecular weight excluding hydrogens is 152 g/mol. The fourth-order valence-electron chi connectivity index (χ4n) is 0.498. The molecule has 0 saturated carbocycles. The summed E-state index contributed by atoms with van der Waals surface area (Å²) >= 11 is 0. The first-order valence-corrected chi connectivity index (χ1v) is 2.90. The minimum atomic E-state index is -1.46. The summed E-state index contributed by atoms with van der Waals surface area (Å²) < 4.78 is 0. The zero-order valence-electron chi connectivity index (χ0n) is 5.73. The molecule has 2 atom stereocenters. The fraction of sp³-hybridized carbons (Fsp3) is 0.600. The molecule has 0 heterocycles. The van der Waals surface area contributed by atoms with Crippen molar-refractivity contribution in [1.29, 1.82) is 0 Å². The van der Waals surface area contributed by atoms with Crippen LogP contribution in [0.4, 0.5) is 0 Å². The molecule has 11 heavy (non-hydrogen) atoms. The van der Waals surface area contributed by atoms with E-state index >= 15 is 0 Å². The molecule has 64 valence electrons. The summed E-state index contributed by atoms with van der Waals surface area (Å²) in [7, 11) is 0. The van der Waals surface area contributed by atoms with Gasteiger partial charge in [-0.05, 0) is 0 Å². The van der Waals surface area contributed by atoms with Crippen LogP contribution in [0, 0.1) is 0 Å². The highest BCUT2D eigenvalue weighted by Crippen LogP contribution is 1.95. The first-order chi connectivity index (χ1) is 4.95. The van der Waals surface area contributed by atoms with Crippen LogP contribution in [0.15, 0.2) is 0 Å². The zero-order chi connectivity index (χ0) is 9.02. The smallest absolute Gasteiger partial charge is 0.323 e. The molecule has 0 fully saturated rings. The van der Waals surface area contributed by atoms with Crippen LogP contribution in [-0.4, -0.2) is 34.2 Å². The molecule has 1 amide bonds. The molecule has 0 aliphatic heterocycles. The van der Waals surface area contributed by atoms with Crippen molar-refractivity contribution in [3.63, 3.8) is 0 Å². The maximum atomic E-state index is 10.2. The molecule has 0 aliphatic carbocycles. The van der Waals surface area contributed by atoms with Gasteiger partial charge in [0.1, 0.15) is 6.04 Å². The minimum absolute atomic E-state index is 0.437. The average molecular weight is 162 g/mol. The van der Waals surface area contributed by atoms with Gasteiger partial charge in [0.25, 0.3) is 0 Å². The molecule has 6 N–H and O–H groups in total. The highest BCUT2D eigenvalue weighted by atomic mass is 16.4. The van der Waals surface area contributed by atoms with Crippen LogP contribution in [0.2, 0.25) is 0 Å². The van der Waals surface area contributed by atoms with Gasteiger partial charge in [0, 0.05) is 0 Å². The number of primary amides is 1. The lowest BCUT2D eigenvalue weighted by Gasteiger charge is -2.11. The van der Waals surface area contributed by atoms with Crippen LogP contribution in [0.3, 0.4) is 0 Å². The van der Waals surface area contributed by atoms with Crippen LogP contribution in [0.1, 0.15) is 6.42 Å². The van der Waals surface area contributed by atoms with Crippen LogP contribution in [0.25, 0.3) is 0 Å². The van der Waals surface area contributed by atoms with Gasteiger partial charge in [-0.3, -0.25) is 9.59 Å². The number of rotatable bonds is 4. The molecule has 6 nitrogen and oxygen atoms in total. The van der Waals surface area contributed by atoms with E-state index in [-0.39, 0.29) is 0 Å². The SMILES string of the molecule is NC(=O)CC(O)[C@H](N)C(=O)O. The normalized spacial score (nSPS) is 15.5. The predicted octanol–water partition coefficient (Wildman–Crippen LogP) is -2.37. The molecule has 0 rings (SSSR count). The first kappa shape index (κ1) is 9.86. The summed E-state index contributed by atoms with van der Waals surface area (Å²) in [6.07, 6.45) is -1.85. The first-order valence-electron chi connectivity index (χ1n) is 2.90. The van der Waals surface area contributed by atoms with Crippen molar-refractivity contribution in [2.75, 3.05) is 0 Å². The number of carboxylic acids is 1. The number of hydrogen-bond donors (Lipinski definition) is 4. The van der Waals surface area contributed by atoms with Crippen molar-refractivity contribution in [3.8, 4) is 0 Å². The van der Waals surface area contributed by atoms with Crippen LogP contribution in [-0.2, 0) is 9.59 Å². The van der Waals surface area contributed by atoms with Gasteiger partial charge in [0.15, 0.2) is 0 Å². The number of carbonyl (C=O) groups is 2. The Hall–Kier alpha value is -1.14. The van der Waals surface area contributed by atoms with Crippen molar-refractivity contribution >= 4 is 11.9 Å². The third kappa shape index (κ3) is 3.54. The second-order valence-corrected chi connectivity index (χ2v) is 2.10. The van der Waals surface area contributed by atoms with Gasteiger partial charge < -0.3 is 21.7 Å². The lowest BCUT2D eigenvalue weighted by Crippen LogP contribution is -2.43. The Labute approximate surface area is 62.8 Å². The number of hydrogen-bond acceptors (Lipinski definition) is 4. The standard InChI is InChI=1S/C5H10N2O4/c6-3(9)1-2(8)4(7)5(10)11/h2,4,8H,1,7H2,(H2,6,9)(H,10,11)/t2?,4-/m0/s1. The Balaban J connectivity index is 3.92. The third-order valence-corrected chi connectivity index (χ3v) is 1.11. The van der Waals surface area contributed by atoms with Gasteiger partial charge in [-0.15, -0.1) is 0 Å². The lowest BCUT2D eigenvalue weighted by atomic mass is 10.1. The van der Waals surface area contributed by atoms with E-state index in [9.17, 15) is 9.59 Å². The zero-order valence-corrected chi connectivity index (χ0v) is 5.73. The van der Waals surface area contributed by atoms with Crippen molar-refractivity contribution in [3.05, 3.63) is 0 Å². The van der Waals surface area contributed by atoms with Gasteiger partial charge >= 0.3 is 5.97 Å². The summed E-state index contributed by atoms with van der Waals surface area (Å²) in [6.45, 7) is 0. The Morgan fingerprint density at radius 2 is 1.91 bits per heavy atom. The number of aliphatic hydroxyl groups is 1. The molecular formula is C5H10N2O4. The number of aliphatic carboxylic acids is 1. The highest BCUT2D eigenvalue weighted by Gasteiger charge is 2.22. The summed E-state index contributed by atoms with van der Waals surface area (Å²) in [4.78, 5) is 20.2.